The highest BCUT2D eigenvalue weighted by Crippen LogP contribution is 2.25. The summed E-state index contributed by atoms with van der Waals surface area (Å²) in [5.74, 6) is 0.345. The molecule has 1 saturated heterocycles. The molecular weight excluding hydrogens is 349 g/mol. The van der Waals surface area contributed by atoms with E-state index in [4.69, 9.17) is 23.2 Å². The lowest BCUT2D eigenvalue weighted by atomic mass is 9.93. The summed E-state index contributed by atoms with van der Waals surface area (Å²) < 4.78 is 0. The summed E-state index contributed by atoms with van der Waals surface area (Å²) >= 11 is 11.8. The molecular formula is C17H23Cl2N3O2. The van der Waals surface area contributed by atoms with Crippen molar-refractivity contribution in [2.24, 2.45) is 5.92 Å². The van der Waals surface area contributed by atoms with E-state index in [2.05, 4.69) is 10.6 Å². The van der Waals surface area contributed by atoms with E-state index < -0.39 is 0 Å². The van der Waals surface area contributed by atoms with Gasteiger partial charge in [0.1, 0.15) is 0 Å². The molecule has 1 aromatic carbocycles. The van der Waals surface area contributed by atoms with E-state index in [-0.39, 0.29) is 18.4 Å². The molecule has 0 unspecified atom stereocenters. The first-order valence-electron chi connectivity index (χ1n) is 8.15. The zero-order valence-electron chi connectivity index (χ0n) is 13.8. The smallest absolute Gasteiger partial charge is 0.243 e. The Morgan fingerprint density at radius 1 is 1.25 bits per heavy atom. The number of rotatable bonds is 6. The van der Waals surface area contributed by atoms with Crippen LogP contribution in [0.2, 0.25) is 10.0 Å². The largest absolute Gasteiger partial charge is 0.336 e. The number of piperidine rings is 1. The normalized spacial score (nSPS) is 15.1. The molecule has 1 fully saturated rings. The van der Waals surface area contributed by atoms with Crippen molar-refractivity contribution in [3.63, 3.8) is 0 Å². The fraction of sp³-hybridized carbons (Fsp3) is 0.529. The van der Waals surface area contributed by atoms with E-state index in [0.717, 1.165) is 32.4 Å². The van der Waals surface area contributed by atoms with Gasteiger partial charge >= 0.3 is 0 Å². The second-order valence-electron chi connectivity index (χ2n) is 6.16. The van der Waals surface area contributed by atoms with Gasteiger partial charge in [0, 0.05) is 19.2 Å². The summed E-state index contributed by atoms with van der Waals surface area (Å²) in [5, 5.41) is 6.84. The molecule has 1 heterocycles. The molecule has 5 nitrogen and oxygen atoms in total. The number of carbonyl (C=O) groups excluding carboxylic acids is 2. The summed E-state index contributed by atoms with van der Waals surface area (Å²) in [7, 11) is 1.65. The molecule has 132 valence electrons. The van der Waals surface area contributed by atoms with E-state index in [0.29, 0.717) is 28.1 Å². The predicted molar refractivity (Wildman–Crippen MR) is 97.6 cm³/mol. The van der Waals surface area contributed by atoms with E-state index in [1.165, 1.54) is 4.90 Å². The van der Waals surface area contributed by atoms with Crippen LogP contribution < -0.4 is 10.6 Å². The minimum absolute atomic E-state index is 0.00202. The Kier molecular flexibility index (Phi) is 7.34. The van der Waals surface area contributed by atoms with Crippen molar-refractivity contribution in [2.75, 3.05) is 32.0 Å². The van der Waals surface area contributed by atoms with Crippen molar-refractivity contribution in [3.8, 4) is 0 Å². The Balaban J connectivity index is 1.75. The Hall–Kier alpha value is -1.30. The number of halogens is 2. The van der Waals surface area contributed by atoms with Gasteiger partial charge in [-0.3, -0.25) is 9.59 Å². The van der Waals surface area contributed by atoms with Gasteiger partial charge in [-0.05, 0) is 56.5 Å². The molecule has 0 radical (unpaired) electrons. The maximum atomic E-state index is 12.2. The van der Waals surface area contributed by atoms with Gasteiger partial charge in [0.25, 0.3) is 0 Å². The summed E-state index contributed by atoms with van der Waals surface area (Å²) in [6.07, 6.45) is 3.62. The highest BCUT2D eigenvalue weighted by Gasteiger charge is 2.17. The molecule has 24 heavy (non-hydrogen) atoms. The SMILES string of the molecule is CN(CC(=O)Nc1ccc(Cl)c(Cl)c1)C(=O)CCC1CCNCC1. The van der Waals surface area contributed by atoms with Crippen molar-refractivity contribution < 1.29 is 9.59 Å². The molecule has 0 atom stereocenters. The van der Waals surface area contributed by atoms with Crippen molar-refractivity contribution in [2.45, 2.75) is 25.7 Å². The average molecular weight is 372 g/mol. The van der Waals surface area contributed by atoms with Crippen LogP contribution in [0.15, 0.2) is 18.2 Å². The van der Waals surface area contributed by atoms with Gasteiger partial charge < -0.3 is 15.5 Å². The van der Waals surface area contributed by atoms with Crippen molar-refractivity contribution in [1.82, 2.24) is 10.2 Å². The highest BCUT2D eigenvalue weighted by molar-refractivity contribution is 6.42. The van der Waals surface area contributed by atoms with Crippen LogP contribution >= 0.6 is 23.2 Å². The molecule has 1 aliphatic rings. The van der Waals surface area contributed by atoms with Crippen molar-refractivity contribution in [3.05, 3.63) is 28.2 Å². The molecule has 0 bridgehead atoms. The third kappa shape index (κ3) is 5.96. The molecule has 1 aliphatic heterocycles. The molecule has 1 aromatic rings. The number of nitrogens with one attached hydrogen (secondary N) is 2. The van der Waals surface area contributed by atoms with Crippen LogP contribution in [0.4, 0.5) is 5.69 Å². The quantitative estimate of drug-likeness (QED) is 0.806. The van der Waals surface area contributed by atoms with Gasteiger partial charge in [0.05, 0.1) is 16.6 Å². The molecule has 0 saturated carbocycles. The summed E-state index contributed by atoms with van der Waals surface area (Å²) in [6, 6.07) is 4.87. The van der Waals surface area contributed by atoms with Gasteiger partial charge in [-0.25, -0.2) is 0 Å². The lowest BCUT2D eigenvalue weighted by Gasteiger charge is -2.23. The number of benzene rings is 1. The van der Waals surface area contributed by atoms with Gasteiger partial charge in [-0.2, -0.15) is 0 Å². The first-order chi connectivity index (χ1) is 11.5. The number of likely N-dealkylation sites (N-methyl/N-ethyl adjacent to an activating group) is 1. The van der Waals surface area contributed by atoms with E-state index >= 15 is 0 Å². The average Bonchev–Trinajstić information content (AvgIpc) is 2.56. The zero-order valence-corrected chi connectivity index (χ0v) is 15.3. The van der Waals surface area contributed by atoms with E-state index in [1.54, 1.807) is 25.2 Å². The number of hydrogen-bond acceptors (Lipinski definition) is 3. The number of amides is 2. The fourth-order valence-electron chi connectivity index (χ4n) is 2.77. The second kappa shape index (κ2) is 9.25. The standard InChI is InChI=1S/C17H23Cl2N3O2/c1-22(17(24)5-2-12-6-8-20-9-7-12)11-16(23)21-13-3-4-14(18)15(19)10-13/h3-4,10,12,20H,2,5-9,11H2,1H3,(H,21,23). The Morgan fingerprint density at radius 2 is 1.96 bits per heavy atom. The summed E-state index contributed by atoms with van der Waals surface area (Å²) in [5.41, 5.74) is 0.560. The van der Waals surface area contributed by atoms with Crippen LogP contribution in [0.1, 0.15) is 25.7 Å². The molecule has 2 N–H and O–H groups in total. The first kappa shape index (κ1) is 19.0. The van der Waals surface area contributed by atoms with E-state index in [1.807, 2.05) is 0 Å². The van der Waals surface area contributed by atoms with Crippen LogP contribution in [0.3, 0.4) is 0 Å². The third-order valence-electron chi connectivity index (χ3n) is 4.24. The van der Waals surface area contributed by atoms with Crippen LogP contribution in [0, 0.1) is 5.92 Å². The van der Waals surface area contributed by atoms with Gasteiger partial charge in [0.15, 0.2) is 0 Å². The van der Waals surface area contributed by atoms with Crippen LogP contribution in [0.5, 0.6) is 0 Å². The lowest BCUT2D eigenvalue weighted by Crippen LogP contribution is -2.35. The number of nitrogens with zero attached hydrogens (tertiary/aromatic N) is 1. The maximum Gasteiger partial charge on any atom is 0.243 e. The topological polar surface area (TPSA) is 61.4 Å². The number of carbonyl (C=O) groups is 2. The molecule has 2 amide bonds. The lowest BCUT2D eigenvalue weighted by molar-refractivity contribution is -0.133. The monoisotopic (exact) mass is 371 g/mol. The second-order valence-corrected chi connectivity index (χ2v) is 6.97. The molecule has 7 heteroatoms. The predicted octanol–water partition coefficient (Wildman–Crippen LogP) is 3.17. The summed E-state index contributed by atoms with van der Waals surface area (Å²) in [4.78, 5) is 25.7. The van der Waals surface area contributed by atoms with Gasteiger partial charge in [-0.1, -0.05) is 23.2 Å². The number of anilines is 1. The molecule has 0 aliphatic carbocycles. The molecule has 0 spiro atoms. The van der Waals surface area contributed by atoms with E-state index in [9.17, 15) is 9.59 Å². The molecule has 0 aromatic heterocycles. The van der Waals surface area contributed by atoms with Gasteiger partial charge in [0.2, 0.25) is 11.8 Å². The summed E-state index contributed by atoms with van der Waals surface area (Å²) in [6.45, 7) is 2.08. The molecule has 2 rings (SSSR count). The Bertz CT molecular complexity index is 589. The fourth-order valence-corrected chi connectivity index (χ4v) is 3.06. The highest BCUT2D eigenvalue weighted by atomic mass is 35.5. The number of hydrogen-bond donors (Lipinski definition) is 2. The van der Waals surface area contributed by atoms with Crippen LogP contribution in [-0.4, -0.2) is 43.4 Å². The third-order valence-corrected chi connectivity index (χ3v) is 4.97. The van der Waals surface area contributed by atoms with Crippen LogP contribution in [-0.2, 0) is 9.59 Å². The maximum absolute atomic E-state index is 12.2. The minimum atomic E-state index is -0.258. The Morgan fingerprint density at radius 3 is 2.62 bits per heavy atom. The first-order valence-corrected chi connectivity index (χ1v) is 8.91. The minimum Gasteiger partial charge on any atom is -0.336 e. The van der Waals surface area contributed by atoms with Crippen molar-refractivity contribution in [1.29, 1.82) is 0 Å². The zero-order chi connectivity index (χ0) is 17.5. The van der Waals surface area contributed by atoms with Crippen molar-refractivity contribution >= 4 is 40.7 Å². The van der Waals surface area contributed by atoms with Gasteiger partial charge in [-0.15, -0.1) is 0 Å². The van der Waals surface area contributed by atoms with Crippen LogP contribution in [0.25, 0.3) is 0 Å². The Labute approximate surface area is 152 Å².